The SMILES string of the molecule is COc1cnc(C(=O)Nc2ccc(F)c(C34COCC3(F)COC(N)=N4)c2)c(F)c1.Cl. The average molecular weight is 459 g/mol. The first-order chi connectivity index (χ1) is 14.3. The number of aliphatic imine (C=N–C) groups is 1. The second-order valence-electron chi connectivity index (χ2n) is 6.91. The van der Waals surface area contributed by atoms with Gasteiger partial charge in [0.2, 0.25) is 0 Å². The normalized spacial score (nSPS) is 24.3. The molecule has 12 heteroatoms. The van der Waals surface area contributed by atoms with Crippen molar-refractivity contribution < 1.29 is 32.2 Å². The third-order valence-corrected chi connectivity index (χ3v) is 5.07. The van der Waals surface area contributed by atoms with Gasteiger partial charge in [-0.1, -0.05) is 0 Å². The van der Waals surface area contributed by atoms with Crippen LogP contribution in [0.15, 0.2) is 35.5 Å². The van der Waals surface area contributed by atoms with Crippen molar-refractivity contribution in [3.63, 3.8) is 0 Å². The van der Waals surface area contributed by atoms with Crippen molar-refractivity contribution in [2.75, 3.05) is 32.2 Å². The number of nitrogens with two attached hydrogens (primary N) is 1. The van der Waals surface area contributed by atoms with Gasteiger partial charge in [-0.2, -0.15) is 0 Å². The Kier molecular flexibility index (Phi) is 6.01. The highest BCUT2D eigenvalue weighted by Crippen LogP contribution is 2.48. The number of benzene rings is 1. The van der Waals surface area contributed by atoms with Gasteiger partial charge < -0.3 is 25.3 Å². The smallest absolute Gasteiger partial charge is 0.283 e. The van der Waals surface area contributed by atoms with Crippen molar-refractivity contribution in [1.29, 1.82) is 0 Å². The van der Waals surface area contributed by atoms with Gasteiger partial charge in [-0.05, 0) is 18.2 Å². The van der Waals surface area contributed by atoms with E-state index in [1.807, 2.05) is 0 Å². The molecule has 1 aromatic heterocycles. The van der Waals surface area contributed by atoms with Gasteiger partial charge in [0, 0.05) is 17.3 Å². The number of carbonyl (C=O) groups is 1. The molecule has 2 aliphatic heterocycles. The minimum absolute atomic E-state index is 0. The molecule has 31 heavy (non-hydrogen) atoms. The van der Waals surface area contributed by atoms with Crippen molar-refractivity contribution in [3.05, 3.63) is 53.4 Å². The second-order valence-corrected chi connectivity index (χ2v) is 6.91. The van der Waals surface area contributed by atoms with E-state index in [-0.39, 0.29) is 48.6 Å². The molecule has 0 radical (unpaired) electrons. The number of amidine groups is 1. The Bertz CT molecular complexity index is 1060. The molecule has 2 aliphatic rings. The predicted octanol–water partition coefficient (Wildman–Crippen LogP) is 2.32. The van der Waals surface area contributed by atoms with Crippen LogP contribution in [0, 0.1) is 11.6 Å². The van der Waals surface area contributed by atoms with Crippen molar-refractivity contribution in [2.45, 2.75) is 11.2 Å². The maximum absolute atomic E-state index is 15.5. The van der Waals surface area contributed by atoms with Gasteiger partial charge in [0.25, 0.3) is 11.9 Å². The maximum Gasteiger partial charge on any atom is 0.283 e. The Balaban J connectivity index is 0.00000272. The fourth-order valence-electron chi connectivity index (χ4n) is 3.50. The zero-order valence-electron chi connectivity index (χ0n) is 16.2. The number of ether oxygens (including phenoxy) is 3. The predicted molar refractivity (Wildman–Crippen MR) is 106 cm³/mol. The number of alkyl halides is 1. The van der Waals surface area contributed by atoms with Gasteiger partial charge in [-0.15, -0.1) is 12.4 Å². The Morgan fingerprint density at radius 3 is 2.71 bits per heavy atom. The van der Waals surface area contributed by atoms with Crippen LogP contribution in [0.25, 0.3) is 0 Å². The largest absolute Gasteiger partial charge is 0.495 e. The lowest BCUT2D eigenvalue weighted by Gasteiger charge is -2.38. The Morgan fingerprint density at radius 1 is 1.23 bits per heavy atom. The van der Waals surface area contributed by atoms with Crippen LogP contribution in [0.4, 0.5) is 18.9 Å². The summed E-state index contributed by atoms with van der Waals surface area (Å²) in [5.74, 6) is -2.41. The number of halogens is 4. The molecule has 166 valence electrons. The number of carbonyl (C=O) groups excluding carboxylic acids is 1. The van der Waals surface area contributed by atoms with E-state index < -0.39 is 41.1 Å². The quantitative estimate of drug-likeness (QED) is 0.728. The van der Waals surface area contributed by atoms with Gasteiger partial charge in [0.1, 0.15) is 18.2 Å². The van der Waals surface area contributed by atoms with E-state index in [0.717, 1.165) is 12.1 Å². The van der Waals surface area contributed by atoms with Crippen LogP contribution in [0.5, 0.6) is 5.75 Å². The highest BCUT2D eigenvalue weighted by atomic mass is 35.5. The van der Waals surface area contributed by atoms with Crippen molar-refractivity contribution in [2.24, 2.45) is 10.7 Å². The van der Waals surface area contributed by atoms with Crippen molar-refractivity contribution >= 4 is 30.0 Å². The molecule has 8 nitrogen and oxygen atoms in total. The van der Waals surface area contributed by atoms with E-state index in [0.29, 0.717) is 0 Å². The van der Waals surface area contributed by atoms with E-state index in [9.17, 15) is 13.6 Å². The molecule has 0 saturated carbocycles. The molecule has 2 unspecified atom stereocenters. The monoisotopic (exact) mass is 458 g/mol. The summed E-state index contributed by atoms with van der Waals surface area (Å²) in [5, 5.41) is 2.42. The third kappa shape index (κ3) is 3.74. The summed E-state index contributed by atoms with van der Waals surface area (Å²) in [6.45, 7) is -1.09. The summed E-state index contributed by atoms with van der Waals surface area (Å²) in [4.78, 5) is 20.2. The molecule has 3 heterocycles. The number of anilines is 1. The number of rotatable bonds is 4. The number of hydrogen-bond donors (Lipinski definition) is 2. The van der Waals surface area contributed by atoms with Gasteiger partial charge >= 0.3 is 0 Å². The first kappa shape index (κ1) is 22.6. The Hall–Kier alpha value is -3.05. The number of nitrogens with zero attached hydrogens (tertiary/aromatic N) is 2. The van der Waals surface area contributed by atoms with Crippen LogP contribution < -0.4 is 15.8 Å². The number of hydrogen-bond acceptors (Lipinski definition) is 7. The molecule has 3 N–H and O–H groups in total. The molecule has 0 spiro atoms. The van der Waals surface area contributed by atoms with E-state index in [1.54, 1.807) is 0 Å². The molecule has 1 amide bonds. The van der Waals surface area contributed by atoms with Crippen LogP contribution in [-0.2, 0) is 15.0 Å². The minimum Gasteiger partial charge on any atom is -0.495 e. The summed E-state index contributed by atoms with van der Waals surface area (Å²) in [7, 11) is 1.33. The molecule has 2 aromatic rings. The molecule has 1 saturated heterocycles. The lowest BCUT2D eigenvalue weighted by atomic mass is 9.78. The summed E-state index contributed by atoms with van der Waals surface area (Å²) in [6, 6.07) is 4.20. The zero-order valence-corrected chi connectivity index (χ0v) is 17.0. The number of aromatic nitrogens is 1. The molecule has 1 fully saturated rings. The topological polar surface area (TPSA) is 108 Å². The second kappa shape index (κ2) is 8.23. The first-order valence-electron chi connectivity index (χ1n) is 8.84. The lowest BCUT2D eigenvalue weighted by Crippen LogP contribution is -2.55. The summed E-state index contributed by atoms with van der Waals surface area (Å²) in [6.07, 6.45) is 1.18. The number of amides is 1. The summed E-state index contributed by atoms with van der Waals surface area (Å²) < 4.78 is 59.4. The molecule has 2 atom stereocenters. The van der Waals surface area contributed by atoms with Crippen LogP contribution in [-0.4, -0.2) is 49.5 Å². The maximum atomic E-state index is 15.5. The Morgan fingerprint density at radius 2 is 2.00 bits per heavy atom. The number of nitrogens with one attached hydrogen (secondary N) is 1. The lowest BCUT2D eigenvalue weighted by molar-refractivity contribution is 0.00905. The van der Waals surface area contributed by atoms with Crippen LogP contribution in [0.1, 0.15) is 16.1 Å². The Labute approximate surface area is 181 Å². The van der Waals surface area contributed by atoms with Crippen LogP contribution in [0.2, 0.25) is 0 Å². The molecule has 4 rings (SSSR count). The molecule has 0 aliphatic carbocycles. The number of fused-ring (bicyclic) bond motifs is 1. The fourth-order valence-corrected chi connectivity index (χ4v) is 3.50. The van der Waals surface area contributed by atoms with E-state index in [4.69, 9.17) is 19.9 Å². The number of pyridine rings is 1. The van der Waals surface area contributed by atoms with Crippen molar-refractivity contribution in [1.82, 2.24) is 4.98 Å². The van der Waals surface area contributed by atoms with E-state index in [2.05, 4.69) is 15.3 Å². The highest BCUT2D eigenvalue weighted by Gasteiger charge is 2.62. The molecular weight excluding hydrogens is 441 g/mol. The third-order valence-electron chi connectivity index (χ3n) is 5.07. The molecular formula is C19H18ClF3N4O4. The average Bonchev–Trinajstić information content (AvgIpc) is 3.06. The van der Waals surface area contributed by atoms with Gasteiger partial charge in [-0.3, -0.25) is 4.79 Å². The van der Waals surface area contributed by atoms with Crippen molar-refractivity contribution in [3.8, 4) is 5.75 Å². The van der Waals surface area contributed by atoms with Crippen LogP contribution >= 0.6 is 12.4 Å². The molecule has 0 bridgehead atoms. The van der Waals surface area contributed by atoms with Gasteiger partial charge in [0.05, 0.1) is 26.5 Å². The first-order valence-corrected chi connectivity index (χ1v) is 8.84. The molecule has 1 aromatic carbocycles. The van der Waals surface area contributed by atoms with E-state index in [1.165, 1.54) is 25.4 Å². The van der Waals surface area contributed by atoms with Gasteiger partial charge in [0.15, 0.2) is 22.7 Å². The van der Waals surface area contributed by atoms with Gasteiger partial charge in [-0.25, -0.2) is 23.1 Å². The minimum atomic E-state index is -2.15. The summed E-state index contributed by atoms with van der Waals surface area (Å²) >= 11 is 0. The standard InChI is InChI=1S/C19H17F3N4O4.ClH/c1-28-11-5-14(21)15(24-6-11)16(27)25-10-2-3-13(20)12(4-10)19-9-29-7-18(19,22)8-30-17(23)26-19;/h2-6H,7-9H2,1H3,(H2,23,26)(H,25,27);1H. The fraction of sp³-hybridized carbons (Fsp3) is 0.316. The van der Waals surface area contributed by atoms with E-state index >= 15 is 4.39 Å². The van der Waals surface area contributed by atoms with Crippen LogP contribution in [0.3, 0.4) is 0 Å². The highest BCUT2D eigenvalue weighted by molar-refractivity contribution is 6.03. The number of methoxy groups -OCH3 is 1. The zero-order chi connectivity index (χ0) is 21.5. The summed E-state index contributed by atoms with van der Waals surface area (Å²) in [5.41, 5.74) is 1.11.